The largest absolute Gasteiger partial charge is 0.455 e. The minimum absolute atomic E-state index is 0.204. The molecule has 3 rings (SSSR count). The number of hydrogen-bond acceptors (Lipinski definition) is 3. The van der Waals surface area contributed by atoms with Crippen LogP contribution in [0.4, 0.5) is 0 Å². The summed E-state index contributed by atoms with van der Waals surface area (Å²) in [4.78, 5) is 11.9. The highest BCUT2D eigenvalue weighted by molar-refractivity contribution is 6.35. The summed E-state index contributed by atoms with van der Waals surface area (Å²) in [7, 11) is 0. The summed E-state index contributed by atoms with van der Waals surface area (Å²) in [6, 6.07) is 15.7. The summed E-state index contributed by atoms with van der Waals surface area (Å²) >= 11 is 18.0. The molecule has 0 aliphatic rings. The average Bonchev–Trinajstić information content (AvgIpc) is 3.08. The molecular weight excluding hydrogens is 395 g/mol. The maximum absolute atomic E-state index is 11.9. The average molecular weight is 408 g/mol. The van der Waals surface area contributed by atoms with Crippen LogP contribution >= 0.6 is 34.8 Å². The topological polar surface area (TPSA) is 54.6 Å². The Bertz CT molecular complexity index is 950. The number of carbonyl (C=O) groups excluding carboxylic acids is 1. The third kappa shape index (κ3) is 4.88. The quantitative estimate of drug-likeness (QED) is 0.442. The Labute approximate surface area is 165 Å². The van der Waals surface area contributed by atoms with E-state index in [9.17, 15) is 4.79 Å². The highest BCUT2D eigenvalue weighted by Crippen LogP contribution is 2.31. The number of hydrazone groups is 1. The summed E-state index contributed by atoms with van der Waals surface area (Å²) in [5, 5.41) is 5.62. The van der Waals surface area contributed by atoms with Crippen LogP contribution in [-0.4, -0.2) is 12.1 Å². The second-order valence-corrected chi connectivity index (χ2v) is 6.70. The SMILES string of the molecule is O=C(Cc1ccc(Cl)cc1)N/N=C\c1ccc(-c2cc(Cl)ccc2Cl)o1. The fourth-order valence-electron chi connectivity index (χ4n) is 2.25. The van der Waals surface area contributed by atoms with E-state index in [4.69, 9.17) is 39.2 Å². The van der Waals surface area contributed by atoms with E-state index in [-0.39, 0.29) is 12.3 Å². The van der Waals surface area contributed by atoms with Gasteiger partial charge in [0.05, 0.1) is 17.7 Å². The normalized spacial score (nSPS) is 11.0. The van der Waals surface area contributed by atoms with Crippen molar-refractivity contribution >= 4 is 46.9 Å². The summed E-state index contributed by atoms with van der Waals surface area (Å²) < 4.78 is 5.66. The number of carbonyl (C=O) groups is 1. The molecule has 7 heteroatoms. The van der Waals surface area contributed by atoms with E-state index in [1.807, 2.05) is 0 Å². The Morgan fingerprint density at radius 1 is 1.00 bits per heavy atom. The van der Waals surface area contributed by atoms with Crippen LogP contribution in [0, 0.1) is 0 Å². The van der Waals surface area contributed by atoms with Gasteiger partial charge in [0.25, 0.3) is 0 Å². The Morgan fingerprint density at radius 2 is 1.73 bits per heavy atom. The molecule has 132 valence electrons. The second kappa shape index (κ2) is 8.41. The molecule has 2 aromatic carbocycles. The molecule has 0 unspecified atom stereocenters. The second-order valence-electron chi connectivity index (χ2n) is 5.42. The fourth-order valence-corrected chi connectivity index (χ4v) is 2.76. The minimum atomic E-state index is -0.242. The predicted octanol–water partition coefficient (Wildman–Crippen LogP) is 5.60. The third-order valence-electron chi connectivity index (χ3n) is 3.48. The Kier molecular flexibility index (Phi) is 5.99. The molecule has 4 nitrogen and oxygen atoms in total. The lowest BCUT2D eigenvalue weighted by molar-refractivity contribution is -0.120. The first-order valence-electron chi connectivity index (χ1n) is 7.63. The molecule has 0 aliphatic carbocycles. The van der Waals surface area contributed by atoms with Crippen molar-refractivity contribution in [2.75, 3.05) is 0 Å². The van der Waals surface area contributed by atoms with Gasteiger partial charge in [-0.15, -0.1) is 0 Å². The molecule has 0 fully saturated rings. The van der Waals surface area contributed by atoms with Gasteiger partial charge in [0.2, 0.25) is 5.91 Å². The van der Waals surface area contributed by atoms with Crippen LogP contribution in [-0.2, 0) is 11.2 Å². The van der Waals surface area contributed by atoms with Crippen molar-refractivity contribution in [3.05, 3.63) is 81.0 Å². The summed E-state index contributed by atoms with van der Waals surface area (Å²) in [6.07, 6.45) is 1.62. The maximum atomic E-state index is 11.9. The highest BCUT2D eigenvalue weighted by atomic mass is 35.5. The van der Waals surface area contributed by atoms with E-state index < -0.39 is 0 Å². The molecule has 0 spiro atoms. The van der Waals surface area contributed by atoms with Crippen molar-refractivity contribution in [3.63, 3.8) is 0 Å². The lowest BCUT2D eigenvalue weighted by atomic mass is 10.1. The molecule has 0 bridgehead atoms. The van der Waals surface area contributed by atoms with Gasteiger partial charge in [-0.3, -0.25) is 4.79 Å². The van der Waals surface area contributed by atoms with E-state index in [0.29, 0.717) is 32.2 Å². The van der Waals surface area contributed by atoms with Crippen molar-refractivity contribution < 1.29 is 9.21 Å². The number of nitrogens with one attached hydrogen (secondary N) is 1. The smallest absolute Gasteiger partial charge is 0.244 e. The molecule has 1 heterocycles. The zero-order valence-electron chi connectivity index (χ0n) is 13.4. The number of rotatable bonds is 5. The number of furan rings is 1. The standard InChI is InChI=1S/C19H13Cl3N2O2/c20-13-3-1-12(2-4-13)9-19(25)24-23-11-15-6-8-18(26-15)16-10-14(21)5-7-17(16)22/h1-8,10-11H,9H2,(H,24,25)/b23-11-. The van der Waals surface area contributed by atoms with Gasteiger partial charge in [0.1, 0.15) is 11.5 Å². The lowest BCUT2D eigenvalue weighted by Crippen LogP contribution is -2.19. The van der Waals surface area contributed by atoms with Crippen LogP contribution in [0.15, 0.2) is 64.1 Å². The van der Waals surface area contributed by atoms with Gasteiger partial charge in [-0.05, 0) is 48.0 Å². The summed E-state index contributed by atoms with van der Waals surface area (Å²) in [5.41, 5.74) is 3.99. The molecule has 0 atom stereocenters. The van der Waals surface area contributed by atoms with E-state index in [0.717, 1.165) is 5.56 Å². The van der Waals surface area contributed by atoms with Gasteiger partial charge in [0, 0.05) is 15.6 Å². The van der Waals surface area contributed by atoms with Gasteiger partial charge in [0.15, 0.2) is 0 Å². The monoisotopic (exact) mass is 406 g/mol. The molecule has 0 saturated heterocycles. The van der Waals surface area contributed by atoms with Gasteiger partial charge in [-0.1, -0.05) is 46.9 Å². The summed E-state index contributed by atoms with van der Waals surface area (Å²) in [5.74, 6) is 0.794. The van der Waals surface area contributed by atoms with E-state index in [1.54, 1.807) is 54.6 Å². The molecule has 1 N–H and O–H groups in total. The zero-order valence-corrected chi connectivity index (χ0v) is 15.6. The van der Waals surface area contributed by atoms with Gasteiger partial charge in [-0.2, -0.15) is 5.10 Å². The lowest BCUT2D eigenvalue weighted by Gasteiger charge is -2.01. The fraction of sp³-hybridized carbons (Fsp3) is 0.0526. The zero-order chi connectivity index (χ0) is 18.5. The Hall–Kier alpha value is -2.27. The van der Waals surface area contributed by atoms with Crippen LogP contribution in [0.5, 0.6) is 0 Å². The molecule has 0 radical (unpaired) electrons. The van der Waals surface area contributed by atoms with Crippen LogP contribution in [0.25, 0.3) is 11.3 Å². The molecule has 26 heavy (non-hydrogen) atoms. The van der Waals surface area contributed by atoms with Crippen molar-refractivity contribution in [1.82, 2.24) is 5.43 Å². The third-order valence-corrected chi connectivity index (χ3v) is 4.30. The molecular formula is C19H13Cl3N2O2. The van der Waals surface area contributed by atoms with Crippen molar-refractivity contribution in [1.29, 1.82) is 0 Å². The van der Waals surface area contributed by atoms with E-state index >= 15 is 0 Å². The number of amides is 1. The van der Waals surface area contributed by atoms with Crippen molar-refractivity contribution in [3.8, 4) is 11.3 Å². The molecule has 0 saturated carbocycles. The van der Waals surface area contributed by atoms with Crippen LogP contribution < -0.4 is 5.43 Å². The molecule has 0 aliphatic heterocycles. The van der Waals surface area contributed by atoms with Crippen LogP contribution in [0.2, 0.25) is 15.1 Å². The van der Waals surface area contributed by atoms with Gasteiger partial charge >= 0.3 is 0 Å². The number of benzene rings is 2. The minimum Gasteiger partial charge on any atom is -0.455 e. The van der Waals surface area contributed by atoms with E-state index in [2.05, 4.69) is 10.5 Å². The van der Waals surface area contributed by atoms with Crippen molar-refractivity contribution in [2.45, 2.75) is 6.42 Å². The number of nitrogens with zero attached hydrogens (tertiary/aromatic N) is 1. The maximum Gasteiger partial charge on any atom is 0.244 e. The van der Waals surface area contributed by atoms with Crippen molar-refractivity contribution in [2.24, 2.45) is 5.10 Å². The number of halogens is 3. The summed E-state index contributed by atoms with van der Waals surface area (Å²) in [6.45, 7) is 0. The molecule has 1 amide bonds. The van der Waals surface area contributed by atoms with E-state index in [1.165, 1.54) is 6.21 Å². The first-order valence-corrected chi connectivity index (χ1v) is 8.76. The first kappa shape index (κ1) is 18.5. The number of hydrogen-bond donors (Lipinski definition) is 1. The first-order chi connectivity index (χ1) is 12.5. The van der Waals surface area contributed by atoms with Crippen LogP contribution in [0.3, 0.4) is 0 Å². The predicted molar refractivity (Wildman–Crippen MR) is 105 cm³/mol. The van der Waals surface area contributed by atoms with Crippen LogP contribution in [0.1, 0.15) is 11.3 Å². The van der Waals surface area contributed by atoms with Gasteiger partial charge in [-0.25, -0.2) is 5.43 Å². The Morgan fingerprint density at radius 3 is 2.50 bits per heavy atom. The highest BCUT2D eigenvalue weighted by Gasteiger charge is 2.09. The Balaban J connectivity index is 1.61. The molecule has 1 aromatic heterocycles. The molecule has 3 aromatic rings. The van der Waals surface area contributed by atoms with Gasteiger partial charge < -0.3 is 4.42 Å².